The van der Waals surface area contributed by atoms with Gasteiger partial charge in [-0.1, -0.05) is 11.6 Å². The number of aryl methyl sites for hydroxylation is 1. The average molecular weight is 1610 g/mol. The Bertz CT molecular complexity index is 3430. The molecule has 2 fully saturated rings. The minimum absolute atomic E-state index is 0.0653. The van der Waals surface area contributed by atoms with E-state index >= 15 is 0 Å². The lowest BCUT2D eigenvalue weighted by Gasteiger charge is -2.39. The zero-order valence-corrected chi connectivity index (χ0v) is 62.8. The zero-order valence-electron chi connectivity index (χ0n) is 27.6. The molecule has 1 aromatic rings. The number of aromatic nitrogens is 3. The maximum absolute atomic E-state index is 11.8. The summed E-state index contributed by atoms with van der Waals surface area (Å²) in [4.78, 5) is 11.8. The van der Waals surface area contributed by atoms with Crippen molar-refractivity contribution in [2.24, 2.45) is 13.0 Å². The van der Waals surface area contributed by atoms with Crippen LogP contribution in [0, 0.1) is 5.92 Å². The van der Waals surface area contributed by atoms with Gasteiger partial charge in [0.05, 0.1) is 6.04 Å². The van der Waals surface area contributed by atoms with Crippen LogP contribution in [0.15, 0.2) is 6.20 Å². The van der Waals surface area contributed by atoms with Gasteiger partial charge in [-0.05, 0) is 18.8 Å². The van der Waals surface area contributed by atoms with Crippen LogP contribution in [0.25, 0.3) is 0 Å². The van der Waals surface area contributed by atoms with Crippen molar-refractivity contribution in [2.75, 3.05) is 0 Å². The topological polar surface area (TPSA) is 59.8 Å². The van der Waals surface area contributed by atoms with Gasteiger partial charge in [0.15, 0.2) is 0 Å². The number of Topliss-reactive ketones (excluding diaryl/α,β-unsaturated/α-hetero) is 1. The molecule has 2 atom stereocenters. The summed E-state index contributed by atoms with van der Waals surface area (Å²) in [5, 5.41) is 11.6. The fourth-order valence-corrected chi connectivity index (χ4v) is 110. The minimum atomic E-state index is 0.0653. The monoisotopic (exact) mass is 1610 g/mol. The molecule has 350 valence electrons. The van der Waals surface area contributed by atoms with E-state index in [1.165, 1.54) is 37.0 Å². The molecule has 1 aliphatic carbocycles. The summed E-state index contributed by atoms with van der Waals surface area (Å²) in [5.74, 6) is 1.05. The number of carbonyl (C=O) groups is 1. The first-order valence-corrected chi connectivity index (χ1v) is 69.4. The molecule has 1 saturated carbocycles. The second-order valence-electron chi connectivity index (χ2n) is 8.07. The van der Waals surface area contributed by atoms with Crippen molar-refractivity contribution in [1.82, 2.24) is 20.3 Å². The number of piperidine rings is 1. The molecule has 2 heterocycles. The highest BCUT2D eigenvalue weighted by Gasteiger charge is 2.35. The molecule has 3 rings (SSSR count). The average Bonchev–Trinajstić information content (AvgIpc) is 3.67. The number of ketones is 1. The molecule has 1 saturated heterocycles. The molecule has 0 bridgehead atoms. The Kier molecular flexibility index (Phi) is 54.4. The van der Waals surface area contributed by atoms with Crippen LogP contribution in [0.2, 0.25) is 0 Å². The van der Waals surface area contributed by atoms with Gasteiger partial charge in [-0.25, -0.2) is 0 Å². The van der Waals surface area contributed by atoms with Gasteiger partial charge in [0, 0.05) is 419 Å². The van der Waals surface area contributed by atoms with Crippen LogP contribution >= 0.6 is 0 Å². The fourth-order valence-electron chi connectivity index (χ4n) is 3.23. The summed E-state index contributed by atoms with van der Waals surface area (Å²) in [7, 11) is 74.7. The van der Waals surface area contributed by atoms with E-state index in [9.17, 15) is 4.79 Å². The smallest absolute Gasteiger partial charge is 0.136 e. The molecule has 2 aliphatic rings. The molecule has 0 spiro atoms. The quantitative estimate of drug-likeness (QED) is 0.476. The van der Waals surface area contributed by atoms with Crippen molar-refractivity contribution in [1.29, 1.82) is 0 Å². The van der Waals surface area contributed by atoms with Crippen LogP contribution in [0.3, 0.4) is 0 Å². The molecule has 60 heavy (non-hydrogen) atoms. The van der Waals surface area contributed by atoms with Gasteiger partial charge in [0.2, 0.25) is 0 Å². The van der Waals surface area contributed by atoms with Crippen LogP contribution in [0.4, 0.5) is 0 Å². The van der Waals surface area contributed by atoms with E-state index in [1.54, 1.807) is 111 Å². The largest absolute Gasteiger partial charge is 0.305 e. The van der Waals surface area contributed by atoms with Crippen molar-refractivity contribution < 1.29 is 4.79 Å². The lowest BCUT2D eigenvalue weighted by Crippen LogP contribution is -2.47. The first-order valence-electron chi connectivity index (χ1n) is 13.4. The second-order valence-corrected chi connectivity index (χ2v) is 80.6. The van der Waals surface area contributed by atoms with Crippen LogP contribution in [0.1, 0.15) is 43.8 Å². The number of nitrogens with one attached hydrogen (secondary N) is 1. The first kappa shape index (κ1) is 64.3. The van der Waals surface area contributed by atoms with Gasteiger partial charge >= 0.3 is 0 Å². The molecule has 48 heteroatoms. The predicted octanol–water partition coefficient (Wildman–Crippen LogP) is 0.874. The molecular formula is C12H18N4OS43. The number of hydrogen-bond donors (Lipinski definition) is 1. The lowest BCUT2D eigenvalue weighted by molar-refractivity contribution is -0.122. The van der Waals surface area contributed by atoms with Gasteiger partial charge in [0.1, 0.15) is 11.5 Å². The van der Waals surface area contributed by atoms with E-state index in [-0.39, 0.29) is 6.04 Å². The molecule has 1 aromatic heterocycles. The lowest BCUT2D eigenvalue weighted by atomic mass is 9.76. The Morgan fingerprint density at radius 3 is 0.983 bits per heavy atom. The summed E-state index contributed by atoms with van der Waals surface area (Å²) < 4.78 is 1.69. The third kappa shape index (κ3) is 40.7. The predicted molar refractivity (Wildman–Crippen MR) is 379 cm³/mol. The summed E-state index contributed by atoms with van der Waals surface area (Å²) in [6.07, 6.45) is 6.99. The van der Waals surface area contributed by atoms with Crippen molar-refractivity contribution >= 4 is 392 Å². The Morgan fingerprint density at radius 1 is 0.483 bits per heavy atom. The van der Waals surface area contributed by atoms with Crippen LogP contribution < -0.4 is 5.32 Å². The van der Waals surface area contributed by atoms with Crippen molar-refractivity contribution in [3.05, 3.63) is 11.9 Å². The molecular weight excluding hydrogens is 1600 g/mol. The van der Waals surface area contributed by atoms with E-state index in [0.29, 0.717) is 30.6 Å². The Morgan fingerprint density at radius 2 is 0.767 bits per heavy atom. The molecule has 1 N–H and O–H groups in total. The van der Waals surface area contributed by atoms with E-state index in [2.05, 4.69) is 15.6 Å². The van der Waals surface area contributed by atoms with E-state index in [0.717, 1.165) is 5.69 Å². The number of nitrogens with zero attached hydrogens (tertiary/aromatic N) is 3. The number of carbonyl (C=O) groups excluding carboxylic acids is 1. The summed E-state index contributed by atoms with van der Waals surface area (Å²) in [6, 6.07) is 0.424. The highest BCUT2D eigenvalue weighted by molar-refractivity contribution is 8.81. The first-order chi connectivity index (χ1) is 29.6. The summed E-state index contributed by atoms with van der Waals surface area (Å²) in [5.41, 5.74) is 0.893. The van der Waals surface area contributed by atoms with E-state index in [4.69, 9.17) is 22.4 Å². The molecule has 0 aromatic carbocycles. The standard InChI is InChI=1S/C12H18N4O.S43/c1-16-7-12(14-15-16)11-6-9(17)5-10(13-11)8-3-2-4-8;1-3-5-7-9-11-13-15-17-19-21-23-25-27-29-31-33-35-37-39-41-43-42-40-38-36-34-32-30-28-26-24-22-20-18-16-14-12-10-8-6-4-2/h7-8,10-11,13H,2-6H2,1H3;. The Hall–Kier alpha value is 8.23. The highest BCUT2D eigenvalue weighted by atomic mass is 33.5. The van der Waals surface area contributed by atoms with Crippen LogP contribution in [0.5, 0.6) is 0 Å². The van der Waals surface area contributed by atoms with Gasteiger partial charge in [0.25, 0.3) is 0 Å². The summed E-state index contributed by atoms with van der Waals surface area (Å²) >= 11 is 9.61. The molecule has 0 amide bonds. The molecule has 2 unspecified atom stereocenters. The Labute approximate surface area is 474 Å². The maximum atomic E-state index is 11.8. The van der Waals surface area contributed by atoms with Crippen molar-refractivity contribution in [3.8, 4) is 0 Å². The molecule has 1 aliphatic heterocycles. The number of rotatable bonds is 2. The maximum Gasteiger partial charge on any atom is 0.136 e. The zero-order chi connectivity index (χ0) is 42.8. The van der Waals surface area contributed by atoms with E-state index < -0.39 is 0 Å². The Balaban J connectivity index is 0.000000592. The third-order valence-corrected chi connectivity index (χ3v) is 94.0. The van der Waals surface area contributed by atoms with Gasteiger partial charge in [-0.2, -0.15) is 0 Å². The highest BCUT2D eigenvalue weighted by Crippen LogP contribution is 2.35. The molecule has 5 nitrogen and oxygen atoms in total. The second kappa shape index (κ2) is 50.7. The van der Waals surface area contributed by atoms with Crippen LogP contribution in [-0.4, -0.2) is 26.8 Å². The number of hydrogen-bond acceptors (Lipinski definition) is 6. The molecule has 0 radical (unpaired) electrons. The van der Waals surface area contributed by atoms with Gasteiger partial charge in [-0.15, -0.1) is 5.10 Å². The van der Waals surface area contributed by atoms with Gasteiger partial charge in [-0.3, -0.25) is 9.48 Å². The van der Waals surface area contributed by atoms with Crippen molar-refractivity contribution in [3.63, 3.8) is 0 Å². The third-order valence-electron chi connectivity index (χ3n) is 5.10. The van der Waals surface area contributed by atoms with Crippen molar-refractivity contribution in [2.45, 2.75) is 44.2 Å². The normalized spacial score (nSPS) is 14.1. The summed E-state index contributed by atoms with van der Waals surface area (Å²) in [6.45, 7) is 0. The van der Waals surface area contributed by atoms with E-state index in [1.807, 2.05) is 253 Å². The van der Waals surface area contributed by atoms with Gasteiger partial charge < -0.3 is 5.32 Å². The van der Waals surface area contributed by atoms with Crippen LogP contribution in [-0.2, 0) is 398 Å². The SMILES string of the molecule is Cn1cc(C2CC(=O)CC(C3CCC3)N2)nn1.S=S=S=S=S=S=S=S=S=S=S=S=S=S=S=S=S=S=S=S=S=S=S=S=S=S=S=S=S=S=S=S=S=S=S=S=S=S=S=S=S=S=S. The minimum Gasteiger partial charge on any atom is -0.305 e. The fraction of sp³-hybridized carbons (Fsp3) is 0.750.